The second kappa shape index (κ2) is 7.72. The first-order valence-corrected chi connectivity index (χ1v) is 9.37. The molecule has 0 bridgehead atoms. The molecule has 1 saturated heterocycles. The van der Waals surface area contributed by atoms with Crippen LogP contribution >= 0.6 is 11.3 Å². The molecule has 0 saturated carbocycles. The summed E-state index contributed by atoms with van der Waals surface area (Å²) in [5.74, 6) is 1.06. The van der Waals surface area contributed by atoms with E-state index in [1.807, 2.05) is 24.0 Å². The second-order valence-corrected chi connectivity index (χ2v) is 7.86. The summed E-state index contributed by atoms with van der Waals surface area (Å²) >= 11 is 1.64. The fourth-order valence-corrected chi connectivity index (χ4v) is 4.05. The van der Waals surface area contributed by atoms with E-state index in [1.54, 1.807) is 11.3 Å². The van der Waals surface area contributed by atoms with Gasteiger partial charge in [0.05, 0.1) is 13.1 Å². The highest BCUT2D eigenvalue weighted by Gasteiger charge is 2.33. The fraction of sp³-hybridized carbons (Fsp3) is 0.647. The van der Waals surface area contributed by atoms with Crippen molar-refractivity contribution in [1.82, 2.24) is 24.3 Å². The molecule has 24 heavy (non-hydrogen) atoms. The van der Waals surface area contributed by atoms with Crippen molar-refractivity contribution >= 4 is 11.3 Å². The van der Waals surface area contributed by atoms with Gasteiger partial charge in [0, 0.05) is 49.1 Å². The Bertz CT molecular complexity index is 627. The molecule has 3 rings (SSSR count). The van der Waals surface area contributed by atoms with Gasteiger partial charge in [0.1, 0.15) is 17.0 Å². The first-order chi connectivity index (χ1) is 11.5. The lowest BCUT2D eigenvalue weighted by Crippen LogP contribution is -2.38. The number of hydrogen-bond acceptors (Lipinski definition) is 5. The number of hydrogen-bond donors (Lipinski definition) is 0. The Balaban J connectivity index is 1.59. The molecular weight excluding hydrogens is 325 g/mol. The van der Waals surface area contributed by atoms with Gasteiger partial charge in [-0.2, -0.15) is 0 Å². The van der Waals surface area contributed by atoms with Crippen molar-refractivity contribution in [3.63, 3.8) is 0 Å². The summed E-state index contributed by atoms with van der Waals surface area (Å²) in [6, 6.07) is 0.635. The second-order valence-electron chi connectivity index (χ2n) is 6.88. The first-order valence-electron chi connectivity index (χ1n) is 8.49. The zero-order valence-corrected chi connectivity index (χ0v) is 15.4. The molecule has 5 nitrogen and oxygen atoms in total. The van der Waals surface area contributed by atoms with Crippen LogP contribution in [0.1, 0.15) is 37.1 Å². The highest BCUT2D eigenvalue weighted by Crippen LogP contribution is 2.24. The summed E-state index contributed by atoms with van der Waals surface area (Å²) in [5.41, 5.74) is 0. The molecule has 1 fully saturated rings. The van der Waals surface area contributed by atoms with Crippen LogP contribution in [0.2, 0.25) is 0 Å². The predicted octanol–water partition coefficient (Wildman–Crippen LogP) is 2.96. The van der Waals surface area contributed by atoms with Crippen LogP contribution in [0.15, 0.2) is 24.0 Å². The molecule has 0 aliphatic carbocycles. The number of aromatic nitrogens is 3. The predicted molar refractivity (Wildman–Crippen MR) is 94.8 cm³/mol. The molecule has 0 amide bonds. The number of likely N-dealkylation sites (tertiary alicyclic amines) is 1. The van der Waals surface area contributed by atoms with Crippen LogP contribution in [0.25, 0.3) is 0 Å². The molecule has 3 heterocycles. The minimum atomic E-state index is -0.735. The lowest BCUT2D eigenvalue weighted by Gasteiger charge is -2.28. The third-order valence-electron chi connectivity index (χ3n) is 4.54. The Morgan fingerprint density at radius 1 is 1.38 bits per heavy atom. The molecule has 0 unspecified atom stereocenters. The number of likely N-dealkylation sites (N-methyl/N-ethyl adjacent to an activating group) is 1. The average molecular weight is 351 g/mol. The van der Waals surface area contributed by atoms with Crippen LogP contribution in [-0.4, -0.2) is 56.7 Å². The van der Waals surface area contributed by atoms with Crippen molar-refractivity contribution in [2.45, 2.75) is 51.6 Å². The van der Waals surface area contributed by atoms with Gasteiger partial charge in [0.15, 0.2) is 0 Å². The topological polar surface area (TPSA) is 37.2 Å². The fourth-order valence-electron chi connectivity index (χ4n) is 3.41. The molecule has 0 radical (unpaired) electrons. The number of alkyl halides is 1. The van der Waals surface area contributed by atoms with Crippen molar-refractivity contribution in [3.05, 3.63) is 34.8 Å². The SMILES string of the molecule is CC(C)n1ccnc1CN(C)C[C@@H]1C[C@H](F)CN1Cc1nccs1. The van der Waals surface area contributed by atoms with Gasteiger partial charge in [-0.25, -0.2) is 14.4 Å². The lowest BCUT2D eigenvalue weighted by molar-refractivity contribution is 0.177. The Labute approximate surface area is 147 Å². The zero-order chi connectivity index (χ0) is 17.1. The van der Waals surface area contributed by atoms with E-state index in [0.29, 0.717) is 19.0 Å². The van der Waals surface area contributed by atoms with Crippen LogP contribution in [0, 0.1) is 0 Å². The number of rotatable bonds is 7. The molecule has 132 valence electrons. The van der Waals surface area contributed by atoms with Crippen LogP contribution in [0.5, 0.6) is 0 Å². The Morgan fingerprint density at radius 2 is 2.21 bits per heavy atom. The third kappa shape index (κ3) is 4.20. The molecule has 2 atom stereocenters. The van der Waals surface area contributed by atoms with E-state index >= 15 is 0 Å². The molecule has 0 spiro atoms. The maximum atomic E-state index is 14.0. The maximum Gasteiger partial charge on any atom is 0.123 e. The molecule has 7 heteroatoms. The van der Waals surface area contributed by atoms with Crippen molar-refractivity contribution in [3.8, 4) is 0 Å². The first kappa shape index (κ1) is 17.5. The summed E-state index contributed by atoms with van der Waals surface area (Å²) in [6.45, 7) is 7.20. The van der Waals surface area contributed by atoms with Crippen LogP contribution in [0.3, 0.4) is 0 Å². The normalized spacial score (nSPS) is 22.1. The summed E-state index contributed by atoms with van der Waals surface area (Å²) in [7, 11) is 2.09. The standard InChI is InChI=1S/C17H26FN5S/c1-13(2)23-6-4-19-16(23)11-21(3)10-15-8-14(18)9-22(15)12-17-20-5-7-24-17/h4-7,13-15H,8-12H2,1-3H3/t14-,15-/m0/s1. The summed E-state index contributed by atoms with van der Waals surface area (Å²) < 4.78 is 16.1. The van der Waals surface area contributed by atoms with E-state index in [-0.39, 0.29) is 6.04 Å². The molecule has 1 aliphatic heterocycles. The number of halogens is 1. The van der Waals surface area contributed by atoms with Gasteiger partial charge in [0.25, 0.3) is 0 Å². The quantitative estimate of drug-likeness (QED) is 0.769. The van der Waals surface area contributed by atoms with Gasteiger partial charge in [-0.05, 0) is 27.3 Å². The number of imidazole rings is 1. The Morgan fingerprint density at radius 3 is 2.92 bits per heavy atom. The van der Waals surface area contributed by atoms with Gasteiger partial charge in [-0.15, -0.1) is 11.3 Å². The smallest absolute Gasteiger partial charge is 0.123 e. The molecular formula is C17H26FN5S. The molecule has 2 aromatic heterocycles. The molecule has 0 N–H and O–H groups in total. The monoisotopic (exact) mass is 351 g/mol. The Kier molecular flexibility index (Phi) is 5.63. The van der Waals surface area contributed by atoms with Gasteiger partial charge in [0.2, 0.25) is 0 Å². The van der Waals surface area contributed by atoms with E-state index in [9.17, 15) is 4.39 Å². The van der Waals surface area contributed by atoms with Crippen LogP contribution < -0.4 is 0 Å². The summed E-state index contributed by atoms with van der Waals surface area (Å²) in [5, 5.41) is 3.04. The van der Waals surface area contributed by atoms with Crippen molar-refractivity contribution in [2.24, 2.45) is 0 Å². The van der Waals surface area contributed by atoms with Gasteiger partial charge in [-0.1, -0.05) is 0 Å². The average Bonchev–Trinajstić information content (AvgIpc) is 3.22. The van der Waals surface area contributed by atoms with Gasteiger partial charge >= 0.3 is 0 Å². The highest BCUT2D eigenvalue weighted by molar-refractivity contribution is 7.09. The third-order valence-corrected chi connectivity index (χ3v) is 5.30. The Hall–Kier alpha value is -1.31. The van der Waals surface area contributed by atoms with Crippen LogP contribution in [0.4, 0.5) is 4.39 Å². The van der Waals surface area contributed by atoms with Crippen molar-refractivity contribution in [1.29, 1.82) is 0 Å². The minimum absolute atomic E-state index is 0.233. The summed E-state index contributed by atoms with van der Waals surface area (Å²) in [6.07, 6.45) is 5.56. The molecule has 0 aromatic carbocycles. The lowest BCUT2D eigenvalue weighted by atomic mass is 10.2. The van der Waals surface area contributed by atoms with Crippen molar-refractivity contribution < 1.29 is 4.39 Å². The zero-order valence-electron chi connectivity index (χ0n) is 14.6. The minimum Gasteiger partial charge on any atom is -0.331 e. The van der Waals surface area contributed by atoms with E-state index in [2.05, 4.69) is 45.2 Å². The maximum absolute atomic E-state index is 14.0. The van der Waals surface area contributed by atoms with Crippen molar-refractivity contribution in [2.75, 3.05) is 20.1 Å². The van der Waals surface area contributed by atoms with Gasteiger partial charge in [-0.3, -0.25) is 9.80 Å². The largest absolute Gasteiger partial charge is 0.331 e. The van der Waals surface area contributed by atoms with E-state index in [4.69, 9.17) is 0 Å². The van der Waals surface area contributed by atoms with E-state index in [0.717, 1.165) is 30.5 Å². The van der Waals surface area contributed by atoms with Gasteiger partial charge < -0.3 is 4.57 Å². The number of nitrogens with zero attached hydrogens (tertiary/aromatic N) is 5. The summed E-state index contributed by atoms with van der Waals surface area (Å²) in [4.78, 5) is 13.3. The van der Waals surface area contributed by atoms with E-state index in [1.165, 1.54) is 0 Å². The highest BCUT2D eigenvalue weighted by atomic mass is 32.1. The molecule has 2 aromatic rings. The number of thiazole rings is 1. The van der Waals surface area contributed by atoms with E-state index < -0.39 is 6.17 Å². The molecule has 1 aliphatic rings. The van der Waals surface area contributed by atoms with Crippen LogP contribution in [-0.2, 0) is 13.1 Å².